The van der Waals surface area contributed by atoms with Crippen molar-refractivity contribution >= 4 is 17.3 Å². The zero-order valence-electron chi connectivity index (χ0n) is 11.6. The molecule has 1 aliphatic rings. The number of carboxylic acids is 1. The molecule has 2 rings (SSSR count). The standard InChI is InChI=1S/C14H18N2O4/c1-9-5-3-6-10(2)15(9)13-11(14(17)18)7-4-8-12(13)16(19)20/h4,7-10H,3,5-6H2,1-2H3,(H,17,18)/t9-,10+. The molecule has 1 heterocycles. The van der Waals surface area contributed by atoms with Gasteiger partial charge in [-0.3, -0.25) is 10.1 Å². The third-order valence-corrected chi connectivity index (χ3v) is 3.89. The van der Waals surface area contributed by atoms with Gasteiger partial charge in [0.05, 0.1) is 10.5 Å². The summed E-state index contributed by atoms with van der Waals surface area (Å²) >= 11 is 0. The van der Waals surface area contributed by atoms with Crippen LogP contribution in [0.3, 0.4) is 0 Å². The van der Waals surface area contributed by atoms with Gasteiger partial charge in [-0.2, -0.15) is 0 Å². The van der Waals surface area contributed by atoms with E-state index in [2.05, 4.69) is 0 Å². The van der Waals surface area contributed by atoms with Crippen molar-refractivity contribution in [1.82, 2.24) is 0 Å². The van der Waals surface area contributed by atoms with E-state index in [4.69, 9.17) is 0 Å². The molecule has 0 aliphatic carbocycles. The lowest BCUT2D eigenvalue weighted by molar-refractivity contribution is -0.384. The maximum Gasteiger partial charge on any atom is 0.338 e. The highest BCUT2D eigenvalue weighted by atomic mass is 16.6. The zero-order chi connectivity index (χ0) is 14.9. The van der Waals surface area contributed by atoms with Gasteiger partial charge in [0.15, 0.2) is 0 Å². The molecule has 20 heavy (non-hydrogen) atoms. The number of hydrogen-bond acceptors (Lipinski definition) is 4. The monoisotopic (exact) mass is 278 g/mol. The first-order valence-electron chi connectivity index (χ1n) is 6.72. The molecule has 0 unspecified atom stereocenters. The first-order valence-corrected chi connectivity index (χ1v) is 6.72. The second-order valence-electron chi connectivity index (χ2n) is 5.27. The number of benzene rings is 1. The first kappa shape index (κ1) is 14.3. The number of carbonyl (C=O) groups is 1. The van der Waals surface area contributed by atoms with Crippen LogP contribution in [0.2, 0.25) is 0 Å². The number of nitro benzene ring substituents is 1. The topological polar surface area (TPSA) is 83.7 Å². The molecule has 0 saturated carbocycles. The van der Waals surface area contributed by atoms with Crippen molar-refractivity contribution in [3.63, 3.8) is 0 Å². The number of piperidine rings is 1. The van der Waals surface area contributed by atoms with Gasteiger partial charge >= 0.3 is 5.97 Å². The molecule has 0 aromatic heterocycles. The van der Waals surface area contributed by atoms with Gasteiger partial charge in [-0.1, -0.05) is 6.07 Å². The number of aromatic carboxylic acids is 1. The van der Waals surface area contributed by atoms with Crippen LogP contribution in [0.5, 0.6) is 0 Å². The van der Waals surface area contributed by atoms with Crippen molar-refractivity contribution in [3.8, 4) is 0 Å². The second kappa shape index (κ2) is 5.48. The Labute approximate surface area is 117 Å². The molecule has 1 aliphatic heterocycles. The van der Waals surface area contributed by atoms with E-state index >= 15 is 0 Å². The molecule has 1 N–H and O–H groups in total. The van der Waals surface area contributed by atoms with Crippen LogP contribution < -0.4 is 4.90 Å². The van der Waals surface area contributed by atoms with Crippen LogP contribution in [-0.2, 0) is 0 Å². The Bertz CT molecular complexity index is 502. The van der Waals surface area contributed by atoms with Gasteiger partial charge < -0.3 is 10.0 Å². The predicted molar refractivity (Wildman–Crippen MR) is 75.3 cm³/mol. The van der Waals surface area contributed by atoms with Crippen molar-refractivity contribution < 1.29 is 14.8 Å². The minimum absolute atomic E-state index is 0.000185. The molecule has 0 amide bonds. The highest BCUT2D eigenvalue weighted by Gasteiger charge is 2.33. The summed E-state index contributed by atoms with van der Waals surface area (Å²) in [6.45, 7) is 3.97. The lowest BCUT2D eigenvalue weighted by atomic mass is 9.95. The van der Waals surface area contributed by atoms with E-state index < -0.39 is 10.9 Å². The van der Waals surface area contributed by atoms with Gasteiger partial charge in [-0.25, -0.2) is 4.79 Å². The summed E-state index contributed by atoms with van der Waals surface area (Å²) in [5.41, 5.74) is 0.106. The number of anilines is 1. The number of nitrogens with zero attached hydrogens (tertiary/aromatic N) is 2. The molecule has 6 heteroatoms. The normalized spacial score (nSPS) is 22.6. The molecule has 0 spiro atoms. The Kier molecular flexibility index (Phi) is 3.92. The molecule has 1 saturated heterocycles. The predicted octanol–water partition coefficient (Wildman–Crippen LogP) is 3.06. The van der Waals surface area contributed by atoms with E-state index in [1.54, 1.807) is 0 Å². The fourth-order valence-corrected chi connectivity index (χ4v) is 2.98. The Hall–Kier alpha value is -2.11. The van der Waals surface area contributed by atoms with E-state index in [1.165, 1.54) is 18.2 Å². The highest BCUT2D eigenvalue weighted by Crippen LogP contribution is 2.38. The van der Waals surface area contributed by atoms with Crippen LogP contribution >= 0.6 is 0 Å². The Balaban J connectivity index is 2.63. The second-order valence-corrected chi connectivity index (χ2v) is 5.27. The first-order chi connectivity index (χ1) is 9.43. The number of para-hydroxylation sites is 1. The summed E-state index contributed by atoms with van der Waals surface area (Å²) < 4.78 is 0. The Morgan fingerprint density at radius 1 is 1.35 bits per heavy atom. The zero-order valence-corrected chi connectivity index (χ0v) is 11.6. The maximum atomic E-state index is 11.4. The molecular formula is C14H18N2O4. The molecular weight excluding hydrogens is 260 g/mol. The van der Waals surface area contributed by atoms with E-state index in [0.717, 1.165) is 19.3 Å². The van der Waals surface area contributed by atoms with Crippen LogP contribution in [0.1, 0.15) is 43.5 Å². The lowest BCUT2D eigenvalue weighted by Gasteiger charge is -2.41. The minimum Gasteiger partial charge on any atom is -0.478 e. The summed E-state index contributed by atoms with van der Waals surface area (Å²) in [7, 11) is 0. The van der Waals surface area contributed by atoms with E-state index in [9.17, 15) is 20.0 Å². The van der Waals surface area contributed by atoms with Crippen molar-refractivity contribution in [2.75, 3.05) is 4.90 Å². The lowest BCUT2D eigenvalue weighted by Crippen LogP contribution is -2.44. The highest BCUT2D eigenvalue weighted by molar-refractivity contribution is 5.97. The SMILES string of the molecule is C[C@@H]1CCC[C@H](C)N1c1c(C(=O)O)cccc1[N+](=O)[O-]. The van der Waals surface area contributed by atoms with Crippen LogP contribution in [0.15, 0.2) is 18.2 Å². The third-order valence-electron chi connectivity index (χ3n) is 3.89. The fourth-order valence-electron chi connectivity index (χ4n) is 2.98. The summed E-state index contributed by atoms with van der Waals surface area (Å²) in [6, 6.07) is 4.41. The third kappa shape index (κ3) is 2.45. The largest absolute Gasteiger partial charge is 0.478 e. The molecule has 0 bridgehead atoms. The Morgan fingerprint density at radius 3 is 2.45 bits per heavy atom. The number of rotatable bonds is 3. The van der Waals surface area contributed by atoms with Crippen LogP contribution in [0.4, 0.5) is 11.4 Å². The van der Waals surface area contributed by atoms with Gasteiger partial charge in [0.25, 0.3) is 5.69 Å². The van der Waals surface area contributed by atoms with E-state index in [-0.39, 0.29) is 29.0 Å². The summed E-state index contributed by atoms with van der Waals surface area (Å²) in [6.07, 6.45) is 2.88. The van der Waals surface area contributed by atoms with Crippen molar-refractivity contribution in [1.29, 1.82) is 0 Å². The maximum absolute atomic E-state index is 11.4. The Morgan fingerprint density at radius 2 is 1.95 bits per heavy atom. The molecule has 0 radical (unpaired) electrons. The van der Waals surface area contributed by atoms with E-state index in [0.29, 0.717) is 0 Å². The summed E-state index contributed by atoms with van der Waals surface area (Å²) in [4.78, 5) is 24.0. The molecule has 2 atom stereocenters. The number of carboxylic acid groups (broad SMARTS) is 1. The van der Waals surface area contributed by atoms with Gasteiger partial charge in [0.1, 0.15) is 5.69 Å². The summed E-state index contributed by atoms with van der Waals surface area (Å²) in [5, 5.41) is 20.6. The average molecular weight is 278 g/mol. The molecule has 1 aromatic rings. The van der Waals surface area contributed by atoms with Crippen LogP contribution in [-0.4, -0.2) is 28.1 Å². The van der Waals surface area contributed by atoms with Gasteiger partial charge in [-0.15, -0.1) is 0 Å². The van der Waals surface area contributed by atoms with Crippen molar-refractivity contribution in [2.45, 2.75) is 45.2 Å². The van der Waals surface area contributed by atoms with Gasteiger partial charge in [0, 0.05) is 18.2 Å². The summed E-state index contributed by atoms with van der Waals surface area (Å²) in [5.74, 6) is -1.13. The van der Waals surface area contributed by atoms with Crippen molar-refractivity contribution in [3.05, 3.63) is 33.9 Å². The molecule has 1 aromatic carbocycles. The van der Waals surface area contributed by atoms with E-state index in [1.807, 2.05) is 18.7 Å². The molecule has 1 fully saturated rings. The quantitative estimate of drug-likeness (QED) is 0.678. The van der Waals surface area contributed by atoms with Crippen LogP contribution in [0.25, 0.3) is 0 Å². The fraction of sp³-hybridized carbons (Fsp3) is 0.500. The van der Waals surface area contributed by atoms with Gasteiger partial charge in [0.2, 0.25) is 0 Å². The number of nitro groups is 1. The number of hydrogen-bond donors (Lipinski definition) is 1. The van der Waals surface area contributed by atoms with Crippen molar-refractivity contribution in [2.24, 2.45) is 0 Å². The smallest absolute Gasteiger partial charge is 0.338 e. The minimum atomic E-state index is -1.13. The average Bonchev–Trinajstić information content (AvgIpc) is 2.38. The molecule has 6 nitrogen and oxygen atoms in total. The van der Waals surface area contributed by atoms with Gasteiger partial charge in [-0.05, 0) is 39.2 Å². The van der Waals surface area contributed by atoms with Crippen LogP contribution in [0, 0.1) is 10.1 Å². The molecule has 108 valence electrons.